The van der Waals surface area contributed by atoms with Gasteiger partial charge in [0.2, 0.25) is 0 Å². The molecule has 0 radical (unpaired) electrons. The number of carbonyl (C=O) groups is 2. The second kappa shape index (κ2) is 13.8. The first-order valence-corrected chi connectivity index (χ1v) is 9.85. The molecule has 0 fully saturated rings. The molecule has 0 spiro atoms. The van der Waals surface area contributed by atoms with Crippen LogP contribution in [0.3, 0.4) is 0 Å². The summed E-state index contributed by atoms with van der Waals surface area (Å²) < 4.78 is 0. The third-order valence-electron chi connectivity index (χ3n) is 4.11. The number of hydrogen-bond acceptors (Lipinski definition) is 2. The standard InChI is InChI=1S/C12H22O2.C10H20O2/c1-5-10(11(13)14)8-6-7-9-12(2,3)4;1-10(2,3)8-6-4-5-7-9(11)12/h5,10H,1,6-9H2,2-4H3,(H,13,14);4-8H2,1-3H3,(H,11,12). The lowest BCUT2D eigenvalue weighted by Gasteiger charge is -2.17. The third kappa shape index (κ3) is 22.7. The van der Waals surface area contributed by atoms with Crippen molar-refractivity contribution in [2.75, 3.05) is 0 Å². The molecular formula is C22H42O4. The summed E-state index contributed by atoms with van der Waals surface area (Å²) in [7, 11) is 0. The average Bonchev–Trinajstić information content (AvgIpc) is 2.44. The molecule has 0 aromatic heterocycles. The van der Waals surface area contributed by atoms with Crippen molar-refractivity contribution in [1.82, 2.24) is 0 Å². The van der Waals surface area contributed by atoms with E-state index in [4.69, 9.17) is 10.2 Å². The van der Waals surface area contributed by atoms with Crippen molar-refractivity contribution in [2.45, 2.75) is 99.3 Å². The van der Waals surface area contributed by atoms with Crippen molar-refractivity contribution in [3.05, 3.63) is 12.7 Å². The fourth-order valence-corrected chi connectivity index (χ4v) is 2.47. The highest BCUT2D eigenvalue weighted by Crippen LogP contribution is 2.23. The van der Waals surface area contributed by atoms with E-state index in [1.54, 1.807) is 0 Å². The third-order valence-corrected chi connectivity index (χ3v) is 4.11. The van der Waals surface area contributed by atoms with Crippen LogP contribution in [0, 0.1) is 16.7 Å². The van der Waals surface area contributed by atoms with Crippen LogP contribution in [0.2, 0.25) is 0 Å². The van der Waals surface area contributed by atoms with Gasteiger partial charge in [-0.2, -0.15) is 0 Å². The van der Waals surface area contributed by atoms with Crippen LogP contribution in [0.25, 0.3) is 0 Å². The first-order valence-electron chi connectivity index (χ1n) is 9.85. The van der Waals surface area contributed by atoms with Gasteiger partial charge in [-0.15, -0.1) is 6.58 Å². The Labute approximate surface area is 161 Å². The fourth-order valence-electron chi connectivity index (χ4n) is 2.47. The molecule has 4 nitrogen and oxygen atoms in total. The number of hydrogen-bond donors (Lipinski definition) is 2. The number of carboxylic acids is 2. The van der Waals surface area contributed by atoms with Crippen LogP contribution >= 0.6 is 0 Å². The normalized spacial score (nSPS) is 12.7. The van der Waals surface area contributed by atoms with Gasteiger partial charge in [-0.3, -0.25) is 9.59 Å². The molecule has 0 aliphatic rings. The molecule has 4 heteroatoms. The summed E-state index contributed by atoms with van der Waals surface area (Å²) in [5.74, 6) is -1.79. The summed E-state index contributed by atoms with van der Waals surface area (Å²) in [6.45, 7) is 16.8. The highest BCUT2D eigenvalue weighted by Gasteiger charge is 2.14. The maximum atomic E-state index is 10.7. The minimum absolute atomic E-state index is 0.324. The second-order valence-electron chi connectivity index (χ2n) is 9.50. The molecular weight excluding hydrogens is 328 g/mol. The van der Waals surface area contributed by atoms with Gasteiger partial charge in [0.15, 0.2) is 0 Å². The van der Waals surface area contributed by atoms with E-state index in [2.05, 4.69) is 48.1 Å². The summed E-state index contributed by atoms with van der Waals surface area (Å²) in [5.41, 5.74) is 0.746. The summed E-state index contributed by atoms with van der Waals surface area (Å²) in [4.78, 5) is 20.8. The molecule has 1 unspecified atom stereocenters. The van der Waals surface area contributed by atoms with E-state index in [0.717, 1.165) is 44.9 Å². The van der Waals surface area contributed by atoms with E-state index in [9.17, 15) is 9.59 Å². The van der Waals surface area contributed by atoms with E-state index in [-0.39, 0.29) is 5.92 Å². The van der Waals surface area contributed by atoms with Gasteiger partial charge in [0.05, 0.1) is 5.92 Å². The van der Waals surface area contributed by atoms with Gasteiger partial charge in [-0.05, 0) is 36.5 Å². The molecule has 154 valence electrons. The minimum atomic E-state index is -0.754. The van der Waals surface area contributed by atoms with Gasteiger partial charge < -0.3 is 10.2 Å². The Hall–Kier alpha value is -1.32. The van der Waals surface area contributed by atoms with E-state index in [0.29, 0.717) is 17.3 Å². The van der Waals surface area contributed by atoms with Gasteiger partial charge in [-0.1, -0.05) is 73.3 Å². The molecule has 0 aromatic rings. The van der Waals surface area contributed by atoms with E-state index >= 15 is 0 Å². The molecule has 0 aliphatic carbocycles. The molecule has 1 atom stereocenters. The van der Waals surface area contributed by atoms with E-state index in [1.165, 1.54) is 12.5 Å². The molecule has 0 aliphatic heterocycles. The minimum Gasteiger partial charge on any atom is -0.481 e. The van der Waals surface area contributed by atoms with Crippen LogP contribution in [0.15, 0.2) is 12.7 Å². The van der Waals surface area contributed by atoms with Crippen LogP contribution in [0.4, 0.5) is 0 Å². The molecule has 0 bridgehead atoms. The van der Waals surface area contributed by atoms with Gasteiger partial charge in [-0.25, -0.2) is 0 Å². The average molecular weight is 371 g/mol. The van der Waals surface area contributed by atoms with Gasteiger partial charge in [0.1, 0.15) is 0 Å². The Morgan fingerprint density at radius 1 is 0.846 bits per heavy atom. The van der Waals surface area contributed by atoms with Crippen LogP contribution in [0.5, 0.6) is 0 Å². The van der Waals surface area contributed by atoms with Crippen molar-refractivity contribution in [3.63, 3.8) is 0 Å². The first kappa shape index (κ1) is 26.9. The van der Waals surface area contributed by atoms with Gasteiger partial charge >= 0.3 is 11.9 Å². The summed E-state index contributed by atoms with van der Waals surface area (Å²) in [5, 5.41) is 17.1. The van der Waals surface area contributed by atoms with Crippen molar-refractivity contribution < 1.29 is 19.8 Å². The zero-order valence-electron chi connectivity index (χ0n) is 17.9. The Morgan fingerprint density at radius 3 is 1.65 bits per heavy atom. The summed E-state index contributed by atoms with van der Waals surface area (Å²) in [6.07, 6.45) is 9.99. The van der Waals surface area contributed by atoms with E-state index in [1.807, 2.05) is 0 Å². The Bertz CT molecular complexity index is 399. The Balaban J connectivity index is 0. The van der Waals surface area contributed by atoms with Crippen LogP contribution < -0.4 is 0 Å². The zero-order chi connectivity index (χ0) is 20.8. The largest absolute Gasteiger partial charge is 0.481 e. The lowest BCUT2D eigenvalue weighted by atomic mass is 9.88. The number of carboxylic acid groups (broad SMARTS) is 2. The number of aliphatic carboxylic acids is 2. The van der Waals surface area contributed by atoms with Gasteiger partial charge in [0.25, 0.3) is 0 Å². The number of unbranched alkanes of at least 4 members (excludes halogenated alkanes) is 3. The first-order chi connectivity index (χ1) is 11.8. The molecule has 26 heavy (non-hydrogen) atoms. The lowest BCUT2D eigenvalue weighted by Crippen LogP contribution is -2.11. The fraction of sp³-hybridized carbons (Fsp3) is 0.818. The molecule has 2 N–H and O–H groups in total. The van der Waals surface area contributed by atoms with Crippen LogP contribution in [-0.4, -0.2) is 22.2 Å². The molecule has 0 rings (SSSR count). The van der Waals surface area contributed by atoms with Gasteiger partial charge in [0, 0.05) is 6.42 Å². The van der Waals surface area contributed by atoms with Crippen molar-refractivity contribution >= 4 is 11.9 Å². The van der Waals surface area contributed by atoms with Crippen molar-refractivity contribution in [1.29, 1.82) is 0 Å². The monoisotopic (exact) mass is 370 g/mol. The summed E-state index contributed by atoms with van der Waals surface area (Å²) >= 11 is 0. The zero-order valence-corrected chi connectivity index (χ0v) is 17.9. The van der Waals surface area contributed by atoms with Crippen LogP contribution in [0.1, 0.15) is 99.3 Å². The van der Waals surface area contributed by atoms with E-state index < -0.39 is 11.9 Å². The number of rotatable bonds is 11. The maximum absolute atomic E-state index is 10.7. The molecule has 0 amide bonds. The smallest absolute Gasteiger partial charge is 0.310 e. The molecule has 0 heterocycles. The summed E-state index contributed by atoms with van der Waals surface area (Å²) in [6, 6.07) is 0. The van der Waals surface area contributed by atoms with Crippen LogP contribution in [-0.2, 0) is 9.59 Å². The Morgan fingerprint density at radius 2 is 1.31 bits per heavy atom. The molecule has 0 saturated heterocycles. The Kier molecular flexibility index (Phi) is 14.3. The molecule has 0 saturated carbocycles. The SMILES string of the molecule is C=CC(CCCCC(C)(C)C)C(=O)O.CC(C)(C)CCCCCC(=O)O. The lowest BCUT2D eigenvalue weighted by molar-refractivity contribution is -0.140. The highest BCUT2D eigenvalue weighted by molar-refractivity contribution is 5.71. The van der Waals surface area contributed by atoms with Crippen molar-refractivity contribution in [2.24, 2.45) is 16.7 Å². The van der Waals surface area contributed by atoms with Crippen molar-refractivity contribution in [3.8, 4) is 0 Å². The molecule has 0 aromatic carbocycles. The highest BCUT2D eigenvalue weighted by atomic mass is 16.4. The maximum Gasteiger partial charge on any atom is 0.310 e. The predicted molar refractivity (Wildman–Crippen MR) is 109 cm³/mol. The predicted octanol–water partition coefficient (Wildman–Crippen LogP) is 6.55. The topological polar surface area (TPSA) is 74.6 Å². The quantitative estimate of drug-likeness (QED) is 0.319. The second-order valence-corrected chi connectivity index (χ2v) is 9.50.